The number of nitriles is 1. The summed E-state index contributed by atoms with van der Waals surface area (Å²) in [5, 5.41) is 8.84. The third kappa shape index (κ3) is 2.74. The van der Waals surface area contributed by atoms with Gasteiger partial charge in [-0.2, -0.15) is 5.26 Å². The first-order valence-electron chi connectivity index (χ1n) is 6.28. The number of hydrogen-bond acceptors (Lipinski definition) is 4. The highest BCUT2D eigenvalue weighted by atomic mass is 16.5. The number of piperidine rings is 1. The molecule has 2 N–H and O–H groups in total. The summed E-state index contributed by atoms with van der Waals surface area (Å²) in [6, 6.07) is 7.63. The van der Waals surface area contributed by atoms with Crippen molar-refractivity contribution in [2.75, 3.05) is 37.4 Å². The van der Waals surface area contributed by atoms with Crippen molar-refractivity contribution in [2.45, 2.75) is 12.8 Å². The first-order chi connectivity index (χ1) is 8.74. The SMILES string of the molecule is COCC1CCCN(c2ccc(C#N)cc2N)C1. The van der Waals surface area contributed by atoms with Crippen LogP contribution in [0.2, 0.25) is 0 Å². The second-order valence-corrected chi connectivity index (χ2v) is 4.80. The Labute approximate surface area is 108 Å². The molecule has 1 saturated heterocycles. The zero-order chi connectivity index (χ0) is 13.0. The van der Waals surface area contributed by atoms with Crippen LogP contribution >= 0.6 is 0 Å². The van der Waals surface area contributed by atoms with Crippen LogP contribution < -0.4 is 10.6 Å². The Balaban J connectivity index is 2.13. The molecule has 0 aliphatic carbocycles. The number of anilines is 2. The van der Waals surface area contributed by atoms with E-state index in [9.17, 15) is 0 Å². The van der Waals surface area contributed by atoms with Gasteiger partial charge in [0, 0.05) is 20.2 Å². The molecule has 4 heteroatoms. The monoisotopic (exact) mass is 245 g/mol. The molecule has 4 nitrogen and oxygen atoms in total. The van der Waals surface area contributed by atoms with Crippen LogP contribution in [-0.4, -0.2) is 26.8 Å². The van der Waals surface area contributed by atoms with E-state index in [1.807, 2.05) is 12.1 Å². The highest BCUT2D eigenvalue weighted by Gasteiger charge is 2.21. The Hall–Kier alpha value is -1.73. The predicted molar refractivity (Wildman–Crippen MR) is 72.4 cm³/mol. The standard InChI is InChI=1S/C14H19N3O/c1-18-10-12-3-2-6-17(9-12)14-5-4-11(8-15)7-13(14)16/h4-5,7,12H,2-3,6,9-10,16H2,1H3. The van der Waals surface area contributed by atoms with Gasteiger partial charge in [-0.05, 0) is 37.0 Å². The molecule has 0 radical (unpaired) electrons. The lowest BCUT2D eigenvalue weighted by Gasteiger charge is -2.34. The van der Waals surface area contributed by atoms with Crippen LogP contribution in [0.5, 0.6) is 0 Å². The highest BCUT2D eigenvalue weighted by molar-refractivity contribution is 5.69. The fourth-order valence-corrected chi connectivity index (χ4v) is 2.57. The van der Waals surface area contributed by atoms with Gasteiger partial charge in [0.25, 0.3) is 0 Å². The van der Waals surface area contributed by atoms with E-state index in [-0.39, 0.29) is 0 Å². The van der Waals surface area contributed by atoms with Crippen LogP contribution in [0.1, 0.15) is 18.4 Å². The van der Waals surface area contributed by atoms with Gasteiger partial charge in [-0.15, -0.1) is 0 Å². The Morgan fingerprint density at radius 3 is 3.06 bits per heavy atom. The Morgan fingerprint density at radius 1 is 1.56 bits per heavy atom. The van der Waals surface area contributed by atoms with Crippen molar-refractivity contribution in [2.24, 2.45) is 5.92 Å². The number of nitrogens with zero attached hydrogens (tertiary/aromatic N) is 2. The molecular formula is C14H19N3O. The number of rotatable bonds is 3. The van der Waals surface area contributed by atoms with Crippen LogP contribution in [-0.2, 0) is 4.74 Å². The first-order valence-corrected chi connectivity index (χ1v) is 6.28. The van der Waals surface area contributed by atoms with E-state index in [1.165, 1.54) is 6.42 Å². The van der Waals surface area contributed by atoms with Gasteiger partial charge in [-0.25, -0.2) is 0 Å². The average molecular weight is 245 g/mol. The lowest BCUT2D eigenvalue weighted by molar-refractivity contribution is 0.143. The summed E-state index contributed by atoms with van der Waals surface area (Å²) in [5.74, 6) is 0.568. The quantitative estimate of drug-likeness (QED) is 0.827. The lowest BCUT2D eigenvalue weighted by Crippen LogP contribution is -2.37. The molecule has 2 rings (SSSR count). The molecule has 0 bridgehead atoms. The number of hydrogen-bond donors (Lipinski definition) is 1. The van der Waals surface area contributed by atoms with Crippen molar-refractivity contribution < 1.29 is 4.74 Å². The second-order valence-electron chi connectivity index (χ2n) is 4.80. The van der Waals surface area contributed by atoms with Crippen molar-refractivity contribution >= 4 is 11.4 Å². The van der Waals surface area contributed by atoms with Crippen LogP contribution in [0.4, 0.5) is 11.4 Å². The first kappa shape index (κ1) is 12.7. The minimum Gasteiger partial charge on any atom is -0.397 e. The summed E-state index contributed by atoms with van der Waals surface area (Å²) in [6.07, 6.45) is 2.37. The van der Waals surface area contributed by atoms with E-state index in [4.69, 9.17) is 15.7 Å². The Kier molecular flexibility index (Phi) is 4.06. The summed E-state index contributed by atoms with van der Waals surface area (Å²) in [7, 11) is 1.75. The maximum Gasteiger partial charge on any atom is 0.0992 e. The molecule has 1 fully saturated rings. The number of nitrogens with two attached hydrogens (primary N) is 1. The van der Waals surface area contributed by atoms with Crippen molar-refractivity contribution in [3.63, 3.8) is 0 Å². The minimum atomic E-state index is 0.568. The molecular weight excluding hydrogens is 226 g/mol. The molecule has 1 aromatic carbocycles. The van der Waals surface area contributed by atoms with Crippen LogP contribution in [0.25, 0.3) is 0 Å². The van der Waals surface area contributed by atoms with E-state index < -0.39 is 0 Å². The number of ether oxygens (including phenoxy) is 1. The third-order valence-corrected chi connectivity index (χ3v) is 3.42. The lowest BCUT2D eigenvalue weighted by atomic mass is 9.98. The minimum absolute atomic E-state index is 0.568. The average Bonchev–Trinajstić information content (AvgIpc) is 2.39. The number of benzene rings is 1. The van der Waals surface area contributed by atoms with E-state index >= 15 is 0 Å². The fourth-order valence-electron chi connectivity index (χ4n) is 2.57. The summed E-state index contributed by atoms with van der Waals surface area (Å²) < 4.78 is 5.23. The van der Waals surface area contributed by atoms with Gasteiger partial charge in [-0.3, -0.25) is 0 Å². The molecule has 18 heavy (non-hydrogen) atoms. The number of methoxy groups -OCH3 is 1. The molecule has 1 aliphatic heterocycles. The summed E-state index contributed by atoms with van der Waals surface area (Å²) in [6.45, 7) is 2.80. The maximum absolute atomic E-state index is 8.84. The fraction of sp³-hybridized carbons (Fsp3) is 0.500. The largest absolute Gasteiger partial charge is 0.397 e. The van der Waals surface area contributed by atoms with E-state index in [1.54, 1.807) is 13.2 Å². The smallest absolute Gasteiger partial charge is 0.0992 e. The van der Waals surface area contributed by atoms with E-state index in [0.29, 0.717) is 17.2 Å². The number of nitrogen functional groups attached to an aromatic ring is 1. The molecule has 1 atom stereocenters. The van der Waals surface area contributed by atoms with Crippen molar-refractivity contribution in [1.29, 1.82) is 5.26 Å². The summed E-state index contributed by atoms with van der Waals surface area (Å²) in [5.41, 5.74) is 8.36. The van der Waals surface area contributed by atoms with Crippen LogP contribution in [0, 0.1) is 17.2 Å². The molecule has 0 saturated carbocycles. The topological polar surface area (TPSA) is 62.3 Å². The maximum atomic E-state index is 8.84. The van der Waals surface area contributed by atoms with Gasteiger partial charge in [0.15, 0.2) is 0 Å². The van der Waals surface area contributed by atoms with E-state index in [2.05, 4.69) is 11.0 Å². The van der Waals surface area contributed by atoms with Gasteiger partial charge in [0.05, 0.1) is 29.6 Å². The normalized spacial score (nSPS) is 19.6. The highest BCUT2D eigenvalue weighted by Crippen LogP contribution is 2.28. The van der Waals surface area contributed by atoms with Crippen LogP contribution in [0.15, 0.2) is 18.2 Å². The van der Waals surface area contributed by atoms with Crippen molar-refractivity contribution in [1.82, 2.24) is 0 Å². The molecule has 1 aromatic rings. The molecule has 0 amide bonds. The van der Waals surface area contributed by atoms with Crippen molar-refractivity contribution in [3.8, 4) is 6.07 Å². The summed E-state index contributed by atoms with van der Waals surface area (Å²) >= 11 is 0. The second kappa shape index (κ2) is 5.74. The molecule has 1 heterocycles. The third-order valence-electron chi connectivity index (χ3n) is 3.42. The Morgan fingerprint density at radius 2 is 2.39 bits per heavy atom. The van der Waals surface area contributed by atoms with Gasteiger partial charge in [0.1, 0.15) is 0 Å². The van der Waals surface area contributed by atoms with Gasteiger partial charge < -0.3 is 15.4 Å². The van der Waals surface area contributed by atoms with E-state index in [0.717, 1.165) is 31.8 Å². The van der Waals surface area contributed by atoms with Gasteiger partial charge in [0.2, 0.25) is 0 Å². The Bertz CT molecular complexity index is 451. The molecule has 1 unspecified atom stereocenters. The van der Waals surface area contributed by atoms with Crippen LogP contribution in [0.3, 0.4) is 0 Å². The molecule has 0 spiro atoms. The molecule has 96 valence electrons. The zero-order valence-corrected chi connectivity index (χ0v) is 10.7. The van der Waals surface area contributed by atoms with Gasteiger partial charge in [-0.1, -0.05) is 0 Å². The zero-order valence-electron chi connectivity index (χ0n) is 10.7. The molecule has 0 aromatic heterocycles. The van der Waals surface area contributed by atoms with Crippen molar-refractivity contribution in [3.05, 3.63) is 23.8 Å². The predicted octanol–water partition coefficient (Wildman–Crippen LogP) is 2.00. The van der Waals surface area contributed by atoms with Gasteiger partial charge >= 0.3 is 0 Å². The summed E-state index contributed by atoms with van der Waals surface area (Å²) in [4.78, 5) is 2.30. The molecule has 1 aliphatic rings.